The van der Waals surface area contributed by atoms with Gasteiger partial charge < -0.3 is 5.32 Å². The Balaban J connectivity index is 1.17. The average Bonchev–Trinajstić information content (AvgIpc) is 3.33. The Morgan fingerprint density at radius 3 is 2.34 bits per heavy atom. The van der Waals surface area contributed by atoms with Crippen LogP contribution in [0.2, 0.25) is 0 Å². The molecule has 4 aromatic carbocycles. The van der Waals surface area contributed by atoms with E-state index in [0.717, 1.165) is 53.2 Å². The molecule has 2 heterocycles. The molecule has 9 heteroatoms. The number of fused-ring (bicyclic) bond motifs is 1. The second kappa shape index (κ2) is 11.7. The van der Waals surface area contributed by atoms with E-state index in [2.05, 4.69) is 22.2 Å². The summed E-state index contributed by atoms with van der Waals surface area (Å²) in [5, 5.41) is 6.19. The summed E-state index contributed by atoms with van der Waals surface area (Å²) >= 11 is 0. The largest absolute Gasteiger partial charge is 0.416 e. The van der Waals surface area contributed by atoms with E-state index < -0.39 is 11.7 Å². The molecule has 6 nitrogen and oxygen atoms in total. The van der Waals surface area contributed by atoms with Gasteiger partial charge >= 0.3 is 6.18 Å². The van der Waals surface area contributed by atoms with Gasteiger partial charge in [0.05, 0.1) is 16.8 Å². The molecule has 44 heavy (non-hydrogen) atoms. The zero-order valence-electron chi connectivity index (χ0n) is 24.3. The number of hydrogen-bond acceptors (Lipinski definition) is 3. The van der Waals surface area contributed by atoms with Crippen molar-refractivity contribution in [3.8, 4) is 16.8 Å². The highest BCUT2D eigenvalue weighted by Crippen LogP contribution is 2.33. The van der Waals surface area contributed by atoms with E-state index in [0.29, 0.717) is 28.9 Å². The molecule has 0 aliphatic carbocycles. The van der Waals surface area contributed by atoms with Crippen LogP contribution in [0.4, 0.5) is 18.9 Å². The molecule has 1 amide bonds. The van der Waals surface area contributed by atoms with Gasteiger partial charge in [0.1, 0.15) is 0 Å². The van der Waals surface area contributed by atoms with Crippen LogP contribution in [-0.4, -0.2) is 27.1 Å². The first-order chi connectivity index (χ1) is 21.1. The number of hydrogen-bond donors (Lipinski definition) is 2. The lowest BCUT2D eigenvalue weighted by Gasteiger charge is -2.33. The lowest BCUT2D eigenvalue weighted by Crippen LogP contribution is -2.35. The van der Waals surface area contributed by atoms with Crippen molar-refractivity contribution in [1.29, 1.82) is 0 Å². The highest BCUT2D eigenvalue weighted by Gasteiger charge is 2.30. The summed E-state index contributed by atoms with van der Waals surface area (Å²) in [5.74, 6) is -0.343. The molecule has 1 aromatic heterocycles. The molecular weight excluding hydrogens is 565 g/mol. The summed E-state index contributed by atoms with van der Waals surface area (Å²) < 4.78 is 40.7. The molecule has 0 fully saturated rings. The predicted molar refractivity (Wildman–Crippen MR) is 165 cm³/mol. The number of alkyl halides is 3. The Morgan fingerprint density at radius 2 is 1.61 bits per heavy atom. The molecular formula is C35H31F3N4O2. The number of anilines is 1. The fraction of sp³-hybridized carbons (Fsp3) is 0.200. The third kappa shape index (κ3) is 5.70. The van der Waals surface area contributed by atoms with Gasteiger partial charge in [-0.25, -0.2) is 4.68 Å². The second-order valence-corrected chi connectivity index (χ2v) is 11.1. The van der Waals surface area contributed by atoms with E-state index >= 15 is 0 Å². The molecule has 0 saturated heterocycles. The summed E-state index contributed by atoms with van der Waals surface area (Å²) in [6, 6.07) is 26.9. The lowest BCUT2D eigenvalue weighted by molar-refractivity contribution is -0.137. The minimum absolute atomic E-state index is 0.0540. The highest BCUT2D eigenvalue weighted by atomic mass is 19.4. The van der Waals surface area contributed by atoms with Crippen molar-refractivity contribution in [2.75, 3.05) is 11.9 Å². The van der Waals surface area contributed by atoms with Gasteiger partial charge in [0.2, 0.25) is 0 Å². The molecule has 0 radical (unpaired) electrons. The van der Waals surface area contributed by atoms with Crippen LogP contribution < -0.4 is 10.9 Å². The highest BCUT2D eigenvalue weighted by molar-refractivity contribution is 6.08. The Kier molecular flexibility index (Phi) is 7.73. The number of nitrogens with zero attached hydrogens (tertiary/aromatic N) is 2. The first-order valence-corrected chi connectivity index (χ1v) is 14.4. The van der Waals surface area contributed by atoms with Gasteiger partial charge in [-0.2, -0.15) is 13.2 Å². The maximum atomic E-state index is 13.4. The summed E-state index contributed by atoms with van der Waals surface area (Å²) in [6.07, 6.45) is -3.68. The van der Waals surface area contributed by atoms with Crippen molar-refractivity contribution < 1.29 is 18.0 Å². The fourth-order valence-electron chi connectivity index (χ4n) is 5.95. The lowest BCUT2D eigenvalue weighted by atomic mass is 9.96. The Hall–Kier alpha value is -4.89. The number of amides is 1. The Labute approximate surface area is 252 Å². The maximum absolute atomic E-state index is 13.4. The van der Waals surface area contributed by atoms with Crippen LogP contribution in [0.1, 0.15) is 51.3 Å². The molecule has 5 aromatic rings. The molecule has 1 aliphatic heterocycles. The minimum Gasteiger partial charge on any atom is -0.322 e. The maximum Gasteiger partial charge on any atom is 0.416 e. The van der Waals surface area contributed by atoms with Gasteiger partial charge in [0, 0.05) is 36.1 Å². The molecule has 1 unspecified atom stereocenters. The van der Waals surface area contributed by atoms with Gasteiger partial charge in [-0.05, 0) is 85.0 Å². The number of aryl methyl sites for hydroxylation is 1. The average molecular weight is 597 g/mol. The number of carbonyl (C=O) groups excluding carboxylic acids is 1. The van der Waals surface area contributed by atoms with Crippen molar-refractivity contribution in [3.63, 3.8) is 0 Å². The van der Waals surface area contributed by atoms with Crippen LogP contribution in [0.15, 0.2) is 102 Å². The zero-order valence-corrected chi connectivity index (χ0v) is 24.3. The number of benzene rings is 4. The van der Waals surface area contributed by atoms with Gasteiger partial charge in [0.25, 0.3) is 11.5 Å². The van der Waals surface area contributed by atoms with Gasteiger partial charge in [-0.3, -0.25) is 19.6 Å². The van der Waals surface area contributed by atoms with Crippen molar-refractivity contribution >= 4 is 11.6 Å². The van der Waals surface area contributed by atoms with Gasteiger partial charge in [-0.15, -0.1) is 0 Å². The number of nitrogens with one attached hydrogen (secondary N) is 2. The minimum atomic E-state index is -4.43. The van der Waals surface area contributed by atoms with Crippen LogP contribution in [0, 0.1) is 6.92 Å². The van der Waals surface area contributed by atoms with E-state index in [1.165, 1.54) is 12.1 Å². The molecule has 0 spiro atoms. The fourth-order valence-corrected chi connectivity index (χ4v) is 5.95. The summed E-state index contributed by atoms with van der Waals surface area (Å²) in [4.78, 5) is 29.0. The van der Waals surface area contributed by atoms with Gasteiger partial charge in [-0.1, -0.05) is 54.6 Å². The molecule has 1 aliphatic rings. The quantitative estimate of drug-likeness (QED) is 0.213. The number of para-hydroxylation sites is 1. The van der Waals surface area contributed by atoms with Crippen molar-refractivity contribution in [1.82, 2.24) is 14.7 Å². The molecule has 224 valence electrons. The smallest absolute Gasteiger partial charge is 0.322 e. The molecule has 0 saturated carbocycles. The summed E-state index contributed by atoms with van der Waals surface area (Å²) in [7, 11) is 0. The molecule has 1 atom stereocenters. The SMILES string of the molecule is Cc1[nH]n(-c2ccccc2)c(=O)c1C(C)N1CCc2cc(NC(=O)c3ccccc3-c3ccc(C(F)(F)F)cc3)ccc2C1. The van der Waals surface area contributed by atoms with Crippen molar-refractivity contribution in [2.45, 2.75) is 39.0 Å². The first kappa shape index (κ1) is 29.2. The van der Waals surface area contributed by atoms with Crippen molar-refractivity contribution in [2.24, 2.45) is 0 Å². The predicted octanol–water partition coefficient (Wildman–Crippen LogP) is 7.53. The Bertz CT molecular complexity index is 1880. The van der Waals surface area contributed by atoms with E-state index in [9.17, 15) is 22.8 Å². The monoisotopic (exact) mass is 596 g/mol. The molecule has 0 bridgehead atoms. The summed E-state index contributed by atoms with van der Waals surface area (Å²) in [5.41, 5.74) is 5.92. The van der Waals surface area contributed by atoms with Crippen LogP contribution in [0.5, 0.6) is 0 Å². The molecule has 2 N–H and O–H groups in total. The van der Waals surface area contributed by atoms with Crippen LogP contribution in [0.3, 0.4) is 0 Å². The number of aromatic amines is 1. The third-order valence-corrected chi connectivity index (χ3v) is 8.30. The topological polar surface area (TPSA) is 70.1 Å². The van der Waals surface area contributed by atoms with Gasteiger partial charge in [0.15, 0.2) is 0 Å². The van der Waals surface area contributed by atoms with E-state index in [1.807, 2.05) is 55.5 Å². The number of H-pyrrole nitrogens is 1. The zero-order chi connectivity index (χ0) is 31.0. The Morgan fingerprint density at radius 1 is 0.909 bits per heavy atom. The first-order valence-electron chi connectivity index (χ1n) is 14.4. The third-order valence-electron chi connectivity index (χ3n) is 8.30. The number of aromatic nitrogens is 2. The normalized spacial score (nSPS) is 14.2. The standard InChI is InChI=1S/C35H31F3N4O2/c1-22-32(34(44)42(40-22)29-8-4-3-5-9-29)23(2)41-19-18-25-20-28(17-14-26(25)21-41)39-33(43)31-11-7-6-10-30(31)24-12-15-27(16-13-24)35(36,37)38/h3-17,20,23,40H,18-19,21H2,1-2H3,(H,39,43). The molecule has 6 rings (SSSR count). The number of carbonyl (C=O) groups is 1. The van der Waals surface area contributed by atoms with E-state index in [1.54, 1.807) is 28.9 Å². The summed E-state index contributed by atoms with van der Waals surface area (Å²) in [6.45, 7) is 5.39. The number of halogens is 3. The van der Waals surface area contributed by atoms with E-state index in [-0.39, 0.29) is 17.5 Å². The van der Waals surface area contributed by atoms with Crippen LogP contribution in [0.25, 0.3) is 16.8 Å². The second-order valence-electron chi connectivity index (χ2n) is 11.1. The number of rotatable bonds is 6. The van der Waals surface area contributed by atoms with E-state index in [4.69, 9.17) is 0 Å². The van der Waals surface area contributed by atoms with Crippen LogP contribution in [-0.2, 0) is 19.1 Å². The van der Waals surface area contributed by atoms with Crippen LogP contribution >= 0.6 is 0 Å². The van der Waals surface area contributed by atoms with Crippen molar-refractivity contribution in [3.05, 3.63) is 141 Å².